The molecule has 200 valence electrons. The Labute approximate surface area is 197 Å². The van der Waals surface area contributed by atoms with Crippen LogP contribution in [0.25, 0.3) is 0 Å². The summed E-state index contributed by atoms with van der Waals surface area (Å²) in [5.74, 6) is -0.678. The highest BCUT2D eigenvalue weighted by Crippen LogP contribution is 2.20. The van der Waals surface area contributed by atoms with Gasteiger partial charge in [-0.3, -0.25) is 9.59 Å². The van der Waals surface area contributed by atoms with Gasteiger partial charge in [-0.25, -0.2) is 0 Å². The van der Waals surface area contributed by atoms with Gasteiger partial charge in [-0.15, -0.1) is 0 Å². The topological polar surface area (TPSA) is 238 Å². The molecule has 0 aliphatic carbocycles. The lowest BCUT2D eigenvalue weighted by Crippen LogP contribution is -2.64. The fourth-order valence-corrected chi connectivity index (χ4v) is 3.48. The maximum absolute atomic E-state index is 11.3. The van der Waals surface area contributed by atoms with Crippen LogP contribution in [-0.4, -0.2) is 127 Å². The molecule has 2 aliphatic heterocycles. The Hall–Kier alpha value is -1.46. The number of carbonyl (C=O) groups excluding carboxylic acids is 2. The van der Waals surface area contributed by atoms with Crippen LogP contribution >= 0.6 is 0 Å². The zero-order valence-corrected chi connectivity index (χ0v) is 19.2. The second kappa shape index (κ2) is 14.8. The summed E-state index contributed by atoms with van der Waals surface area (Å²) >= 11 is 0. The largest absolute Gasteiger partial charge is 0.394 e. The molecule has 0 aromatic carbocycles. The molecule has 0 radical (unpaired) electrons. The smallest absolute Gasteiger partial charge is 0.220 e. The van der Waals surface area contributed by atoms with Crippen LogP contribution in [0.5, 0.6) is 0 Å². The molecule has 2 aliphatic rings. The van der Waals surface area contributed by atoms with E-state index in [4.69, 9.17) is 19.7 Å². The molecule has 34 heavy (non-hydrogen) atoms. The molecule has 2 amide bonds. The van der Waals surface area contributed by atoms with E-state index >= 15 is 0 Å². The van der Waals surface area contributed by atoms with Crippen molar-refractivity contribution in [3.63, 3.8) is 0 Å². The molecule has 2 heterocycles. The van der Waals surface area contributed by atoms with Crippen LogP contribution in [0.3, 0.4) is 0 Å². The average molecular weight is 499 g/mol. The minimum Gasteiger partial charge on any atom is -0.394 e. The summed E-state index contributed by atoms with van der Waals surface area (Å²) in [5.41, 5.74) is 0. The van der Waals surface area contributed by atoms with Crippen LogP contribution in [0.4, 0.5) is 0 Å². The number of carbonyl (C=O) groups is 2. The summed E-state index contributed by atoms with van der Waals surface area (Å²) in [7, 11) is 0. The molecular formula is C20H38N2O12. The molecule has 0 bridgehead atoms. The molecule has 0 spiro atoms. The number of hydrogen-bond acceptors (Lipinski definition) is 12. The summed E-state index contributed by atoms with van der Waals surface area (Å²) in [6.45, 7) is 2.59. The van der Waals surface area contributed by atoms with Crippen molar-refractivity contribution < 1.29 is 59.9 Å². The van der Waals surface area contributed by atoms with E-state index in [1.807, 2.05) is 13.8 Å². The summed E-state index contributed by atoms with van der Waals surface area (Å²) < 4.78 is 9.78. The van der Waals surface area contributed by atoms with Crippen molar-refractivity contribution >= 4 is 11.8 Å². The van der Waals surface area contributed by atoms with Crippen molar-refractivity contribution in [3.05, 3.63) is 0 Å². The van der Waals surface area contributed by atoms with E-state index in [1.165, 1.54) is 0 Å². The van der Waals surface area contributed by atoms with E-state index in [9.17, 15) is 40.2 Å². The predicted octanol–water partition coefficient (Wildman–Crippen LogP) is -4.59. The molecule has 0 aromatic heterocycles. The zero-order chi connectivity index (χ0) is 26.0. The first-order valence-electron chi connectivity index (χ1n) is 11.2. The molecule has 0 aromatic rings. The maximum atomic E-state index is 11.3. The third kappa shape index (κ3) is 8.34. The molecule has 2 saturated heterocycles. The van der Waals surface area contributed by atoms with Crippen LogP contribution in [0.1, 0.15) is 39.5 Å². The maximum Gasteiger partial charge on any atom is 0.220 e. The van der Waals surface area contributed by atoms with Gasteiger partial charge < -0.3 is 61.0 Å². The Bertz CT molecular complexity index is 574. The van der Waals surface area contributed by atoms with Crippen molar-refractivity contribution in [2.24, 2.45) is 0 Å². The van der Waals surface area contributed by atoms with Gasteiger partial charge >= 0.3 is 0 Å². The Kier molecular flexibility index (Phi) is 13.3. The van der Waals surface area contributed by atoms with Gasteiger partial charge in [-0.1, -0.05) is 13.8 Å². The summed E-state index contributed by atoms with van der Waals surface area (Å²) in [4.78, 5) is 22.7. The van der Waals surface area contributed by atoms with Gasteiger partial charge in [0.05, 0.1) is 13.2 Å². The van der Waals surface area contributed by atoms with Crippen LogP contribution in [0.2, 0.25) is 0 Å². The van der Waals surface area contributed by atoms with Crippen LogP contribution in [0, 0.1) is 0 Å². The summed E-state index contributed by atoms with van der Waals surface area (Å²) in [6.07, 6.45) is -8.69. The molecule has 0 saturated carbocycles. The molecule has 2 rings (SSSR count). The molecule has 2 unspecified atom stereocenters. The summed E-state index contributed by atoms with van der Waals surface area (Å²) in [5, 5.41) is 80.2. The Morgan fingerprint density at radius 1 is 0.647 bits per heavy atom. The molecule has 10 atom stereocenters. The first-order valence-corrected chi connectivity index (χ1v) is 11.2. The number of nitrogens with one attached hydrogen (secondary N) is 2. The van der Waals surface area contributed by atoms with E-state index in [-0.39, 0.29) is 24.7 Å². The van der Waals surface area contributed by atoms with Gasteiger partial charge in [0.2, 0.25) is 11.8 Å². The number of amides is 2. The number of hydrogen-bond donors (Lipinski definition) is 10. The number of aliphatic hydroxyl groups is 8. The highest BCUT2D eigenvalue weighted by atomic mass is 16.6. The van der Waals surface area contributed by atoms with Crippen molar-refractivity contribution in [3.8, 4) is 0 Å². The number of rotatable bonds is 8. The molecule has 10 N–H and O–H groups in total. The molecule has 14 nitrogen and oxygen atoms in total. The third-order valence-electron chi connectivity index (χ3n) is 5.41. The Morgan fingerprint density at radius 3 is 1.24 bits per heavy atom. The van der Waals surface area contributed by atoms with Crippen molar-refractivity contribution in [2.75, 3.05) is 13.2 Å². The van der Waals surface area contributed by atoms with Gasteiger partial charge in [-0.2, -0.15) is 0 Å². The van der Waals surface area contributed by atoms with E-state index in [0.29, 0.717) is 12.8 Å². The lowest BCUT2D eigenvalue weighted by Gasteiger charge is -2.40. The SMILES string of the molecule is CCCC(=O)N[C@H]1C(O)O[C@H](CO)[C@@H](O)[C@@H]1O.CCCC(=O)N[C@H]1C(O)O[C@H](CO)[C@@H](O)[C@@H]1O. The zero-order valence-electron chi connectivity index (χ0n) is 19.2. The minimum absolute atomic E-state index is 0.259. The lowest BCUT2D eigenvalue weighted by molar-refractivity contribution is -0.253. The monoisotopic (exact) mass is 498 g/mol. The molecule has 14 heteroatoms. The van der Waals surface area contributed by atoms with Crippen LogP contribution in [-0.2, 0) is 19.1 Å². The first kappa shape index (κ1) is 30.6. The fourth-order valence-electron chi connectivity index (χ4n) is 3.48. The molecule has 2 fully saturated rings. The van der Waals surface area contributed by atoms with Gasteiger partial charge in [0.1, 0.15) is 48.7 Å². The predicted molar refractivity (Wildman–Crippen MR) is 114 cm³/mol. The van der Waals surface area contributed by atoms with Gasteiger partial charge in [-0.05, 0) is 12.8 Å². The van der Waals surface area contributed by atoms with Crippen LogP contribution < -0.4 is 10.6 Å². The van der Waals surface area contributed by atoms with E-state index < -0.39 is 74.5 Å². The van der Waals surface area contributed by atoms with E-state index in [1.54, 1.807) is 0 Å². The Morgan fingerprint density at radius 2 is 0.971 bits per heavy atom. The molecular weight excluding hydrogens is 460 g/mol. The van der Waals surface area contributed by atoms with Gasteiger partial charge in [0.15, 0.2) is 12.6 Å². The second-order valence-electron chi connectivity index (χ2n) is 8.14. The standard InChI is InChI=1S/2C10H19NO6/c2*1-2-3-6(13)11-7-9(15)8(14)5(4-12)17-10(7)16/h2*5,7-10,12,14-16H,2-4H2,1H3,(H,11,13)/t2*5-,7-,8-,9-,10?/m11/s1. The average Bonchev–Trinajstić information content (AvgIpc) is 2.80. The van der Waals surface area contributed by atoms with Gasteiger partial charge in [0.25, 0.3) is 0 Å². The van der Waals surface area contributed by atoms with E-state index in [0.717, 1.165) is 0 Å². The highest BCUT2D eigenvalue weighted by molar-refractivity contribution is 5.76. The third-order valence-corrected chi connectivity index (χ3v) is 5.41. The number of aliphatic hydroxyl groups excluding tert-OH is 8. The van der Waals surface area contributed by atoms with Crippen LogP contribution in [0.15, 0.2) is 0 Å². The van der Waals surface area contributed by atoms with Crippen molar-refractivity contribution in [1.29, 1.82) is 0 Å². The second-order valence-corrected chi connectivity index (χ2v) is 8.14. The first-order chi connectivity index (χ1) is 16.0. The van der Waals surface area contributed by atoms with Crippen molar-refractivity contribution in [2.45, 2.75) is 101 Å². The number of ether oxygens (including phenoxy) is 2. The van der Waals surface area contributed by atoms with Crippen molar-refractivity contribution in [1.82, 2.24) is 10.6 Å². The van der Waals surface area contributed by atoms with Gasteiger partial charge in [0, 0.05) is 12.8 Å². The fraction of sp³-hybridized carbons (Fsp3) is 0.900. The normalized spacial score (nSPS) is 37.8. The van der Waals surface area contributed by atoms with E-state index in [2.05, 4.69) is 10.6 Å². The minimum atomic E-state index is -1.45. The Balaban J connectivity index is 0.000000340. The summed E-state index contributed by atoms with van der Waals surface area (Å²) in [6, 6.07) is -2.18. The highest BCUT2D eigenvalue weighted by Gasteiger charge is 2.45. The quantitative estimate of drug-likeness (QED) is 0.152. The lowest BCUT2D eigenvalue weighted by atomic mass is 9.97.